The molecule has 204 valence electrons. The number of benzene rings is 3. The van der Waals surface area contributed by atoms with Crippen molar-refractivity contribution >= 4 is 21.6 Å². The topological polar surface area (TPSA) is 79.4 Å². The zero-order valence-electron chi connectivity index (χ0n) is 22.1. The molecule has 2 aliphatic carbocycles. The van der Waals surface area contributed by atoms with Crippen LogP contribution < -0.4 is 9.62 Å². The molecule has 3 atom stereocenters. The highest BCUT2D eigenvalue weighted by atomic mass is 32.2. The van der Waals surface area contributed by atoms with Crippen molar-refractivity contribution in [2.45, 2.75) is 49.6 Å². The highest BCUT2D eigenvalue weighted by Gasteiger charge is 2.46. The number of hydrogen-bond donors (Lipinski definition) is 1. The van der Waals surface area contributed by atoms with Crippen LogP contribution >= 0.6 is 0 Å². The highest BCUT2D eigenvalue weighted by molar-refractivity contribution is 7.89. The summed E-state index contributed by atoms with van der Waals surface area (Å²) in [4.78, 5) is 20.4. The van der Waals surface area contributed by atoms with Crippen molar-refractivity contribution in [3.8, 4) is 0 Å². The molecule has 0 spiro atoms. The highest BCUT2D eigenvalue weighted by Crippen LogP contribution is 2.49. The van der Waals surface area contributed by atoms with E-state index in [0.717, 1.165) is 53.2 Å². The fourth-order valence-electron chi connectivity index (χ4n) is 5.63. The summed E-state index contributed by atoms with van der Waals surface area (Å²) in [6.07, 6.45) is 2.12. The van der Waals surface area contributed by atoms with E-state index in [1.807, 2.05) is 61.5 Å². The van der Waals surface area contributed by atoms with Gasteiger partial charge in [-0.25, -0.2) is 17.5 Å². The number of carbonyl (C=O) groups excluding carboxylic acids is 1. The minimum atomic E-state index is -3.85. The average molecular weight is 556 g/mol. The van der Waals surface area contributed by atoms with Crippen molar-refractivity contribution in [2.24, 2.45) is 5.92 Å². The zero-order valence-corrected chi connectivity index (χ0v) is 22.9. The van der Waals surface area contributed by atoms with Crippen molar-refractivity contribution < 1.29 is 17.6 Å². The molecule has 0 bridgehead atoms. The number of sulfonamides is 1. The molecule has 6 rings (SSSR count). The molecular weight excluding hydrogens is 525 g/mol. The Labute approximate surface area is 233 Å². The SMILES string of the molecule is Cc1cccc(CN(C(=O)[C@H]2C[C@H]2c2ccccc2)c2ccc3c(c2)C(NS(=O)(=O)c2ccc(F)cc2)CC3)n1. The molecule has 40 heavy (non-hydrogen) atoms. The van der Waals surface area contributed by atoms with Gasteiger partial charge in [-0.1, -0.05) is 42.5 Å². The Bertz CT molecular complexity index is 1660. The average Bonchev–Trinajstić information content (AvgIpc) is 3.67. The molecule has 0 aliphatic heterocycles. The molecule has 1 amide bonds. The fraction of sp³-hybridized carbons (Fsp3) is 0.250. The van der Waals surface area contributed by atoms with E-state index in [1.165, 1.54) is 17.7 Å². The van der Waals surface area contributed by atoms with Gasteiger partial charge in [0.2, 0.25) is 15.9 Å². The van der Waals surface area contributed by atoms with Gasteiger partial charge in [0.1, 0.15) is 5.82 Å². The van der Waals surface area contributed by atoms with Crippen LogP contribution in [0.3, 0.4) is 0 Å². The summed E-state index contributed by atoms with van der Waals surface area (Å²) in [7, 11) is -3.85. The lowest BCUT2D eigenvalue weighted by molar-refractivity contribution is -0.120. The Morgan fingerprint density at radius 2 is 1.77 bits per heavy atom. The van der Waals surface area contributed by atoms with E-state index in [4.69, 9.17) is 0 Å². The quantitative estimate of drug-likeness (QED) is 0.297. The molecule has 1 N–H and O–H groups in total. The third-order valence-electron chi connectivity index (χ3n) is 7.81. The maximum Gasteiger partial charge on any atom is 0.241 e. The van der Waals surface area contributed by atoms with Gasteiger partial charge in [0.25, 0.3) is 0 Å². The van der Waals surface area contributed by atoms with E-state index in [1.54, 1.807) is 4.90 Å². The number of aromatic nitrogens is 1. The van der Waals surface area contributed by atoms with Crippen molar-refractivity contribution in [3.05, 3.63) is 125 Å². The van der Waals surface area contributed by atoms with Crippen LogP contribution in [-0.2, 0) is 27.8 Å². The lowest BCUT2D eigenvalue weighted by atomic mass is 10.1. The molecule has 6 nitrogen and oxygen atoms in total. The summed E-state index contributed by atoms with van der Waals surface area (Å²) < 4.78 is 42.3. The molecule has 2 aliphatic rings. The van der Waals surface area contributed by atoms with E-state index in [9.17, 15) is 17.6 Å². The monoisotopic (exact) mass is 555 g/mol. The first-order valence-electron chi connectivity index (χ1n) is 13.5. The minimum Gasteiger partial charge on any atom is -0.306 e. The van der Waals surface area contributed by atoms with Crippen molar-refractivity contribution in [3.63, 3.8) is 0 Å². The first kappa shape index (κ1) is 26.3. The summed E-state index contributed by atoms with van der Waals surface area (Å²) in [5.74, 6) is -0.383. The fourth-order valence-corrected chi connectivity index (χ4v) is 6.88. The van der Waals surface area contributed by atoms with Gasteiger partial charge in [-0.05, 0) is 97.3 Å². The maximum atomic E-state index is 14.0. The first-order valence-corrected chi connectivity index (χ1v) is 15.0. The number of aryl methyl sites for hydroxylation is 2. The summed E-state index contributed by atoms with van der Waals surface area (Å²) in [6, 6.07) is 26.1. The van der Waals surface area contributed by atoms with Gasteiger partial charge in [-0.3, -0.25) is 9.78 Å². The van der Waals surface area contributed by atoms with Crippen LogP contribution in [0.1, 0.15) is 52.9 Å². The predicted molar refractivity (Wildman–Crippen MR) is 152 cm³/mol. The summed E-state index contributed by atoms with van der Waals surface area (Å²) >= 11 is 0. The number of rotatable bonds is 8. The van der Waals surface area contributed by atoms with Crippen LogP contribution in [0.5, 0.6) is 0 Å². The lowest BCUT2D eigenvalue weighted by Crippen LogP contribution is -2.33. The number of carbonyl (C=O) groups is 1. The lowest BCUT2D eigenvalue weighted by Gasteiger charge is -2.25. The Hall–Kier alpha value is -3.88. The van der Waals surface area contributed by atoms with Crippen LogP contribution in [0.4, 0.5) is 10.1 Å². The second kappa shape index (κ2) is 10.6. The van der Waals surface area contributed by atoms with E-state index < -0.39 is 21.9 Å². The van der Waals surface area contributed by atoms with Crippen LogP contribution in [0.2, 0.25) is 0 Å². The maximum absolute atomic E-state index is 14.0. The summed E-state index contributed by atoms with van der Waals surface area (Å²) in [6.45, 7) is 2.25. The van der Waals surface area contributed by atoms with Crippen molar-refractivity contribution in [2.75, 3.05) is 4.90 Å². The van der Waals surface area contributed by atoms with E-state index in [0.29, 0.717) is 13.0 Å². The molecule has 1 aromatic heterocycles. The van der Waals surface area contributed by atoms with Gasteiger partial charge in [-0.15, -0.1) is 0 Å². The van der Waals surface area contributed by atoms with Gasteiger partial charge in [0, 0.05) is 23.3 Å². The van der Waals surface area contributed by atoms with Crippen LogP contribution in [-0.4, -0.2) is 19.3 Å². The van der Waals surface area contributed by atoms with Gasteiger partial charge >= 0.3 is 0 Å². The molecule has 0 radical (unpaired) electrons. The number of pyridine rings is 1. The number of anilines is 1. The Morgan fingerprint density at radius 3 is 2.52 bits per heavy atom. The van der Waals surface area contributed by atoms with E-state index in [-0.39, 0.29) is 22.6 Å². The van der Waals surface area contributed by atoms with Gasteiger partial charge in [0.15, 0.2) is 0 Å². The Morgan fingerprint density at radius 1 is 1.00 bits per heavy atom. The zero-order chi connectivity index (χ0) is 27.9. The number of amides is 1. The molecule has 8 heteroatoms. The van der Waals surface area contributed by atoms with Crippen LogP contribution in [0.15, 0.2) is 95.9 Å². The van der Waals surface area contributed by atoms with Crippen LogP contribution in [0, 0.1) is 18.7 Å². The minimum absolute atomic E-state index is 0.0153. The molecule has 1 fully saturated rings. The number of nitrogens with one attached hydrogen (secondary N) is 1. The number of fused-ring (bicyclic) bond motifs is 1. The predicted octanol–water partition coefficient (Wildman–Crippen LogP) is 5.83. The van der Waals surface area contributed by atoms with Crippen molar-refractivity contribution in [1.29, 1.82) is 0 Å². The van der Waals surface area contributed by atoms with Gasteiger partial charge < -0.3 is 4.90 Å². The number of hydrogen-bond acceptors (Lipinski definition) is 4. The molecule has 1 heterocycles. The van der Waals surface area contributed by atoms with Crippen molar-refractivity contribution in [1.82, 2.24) is 9.71 Å². The largest absolute Gasteiger partial charge is 0.306 e. The first-order chi connectivity index (χ1) is 19.3. The third kappa shape index (κ3) is 5.42. The number of nitrogens with zero attached hydrogens (tertiary/aromatic N) is 2. The Kier molecular flexibility index (Phi) is 6.98. The standard InChI is InChI=1S/C32H30FN3O3S/c1-21-6-5-9-25(34-21)20-36(32(37)30-19-28(30)22-7-3-2-4-8-22)26-14-10-23-11-17-31(29(23)18-26)35-40(38,39)27-15-12-24(33)13-16-27/h2-10,12-16,18,28,30-31,35H,11,17,19-20H2,1H3/t28-,30-,31?/m0/s1. The molecule has 1 unspecified atom stereocenters. The Balaban J connectivity index is 1.30. The number of halogens is 1. The smallest absolute Gasteiger partial charge is 0.241 e. The van der Waals surface area contributed by atoms with E-state index in [2.05, 4.69) is 21.8 Å². The molecule has 0 saturated heterocycles. The molecular formula is C32H30FN3O3S. The third-order valence-corrected chi connectivity index (χ3v) is 9.30. The summed E-state index contributed by atoms with van der Waals surface area (Å²) in [5.41, 5.74) is 5.46. The molecule has 1 saturated carbocycles. The van der Waals surface area contributed by atoms with E-state index >= 15 is 0 Å². The van der Waals surface area contributed by atoms with Gasteiger partial charge in [-0.2, -0.15) is 0 Å². The normalized spacial score (nSPS) is 19.7. The second-order valence-electron chi connectivity index (χ2n) is 10.6. The van der Waals surface area contributed by atoms with Crippen LogP contribution in [0.25, 0.3) is 0 Å². The van der Waals surface area contributed by atoms with Gasteiger partial charge in [0.05, 0.1) is 17.1 Å². The molecule has 4 aromatic rings. The second-order valence-corrected chi connectivity index (χ2v) is 12.3. The molecule has 3 aromatic carbocycles. The summed E-state index contributed by atoms with van der Waals surface area (Å²) in [5, 5.41) is 0.